The number of benzene rings is 1. The fourth-order valence-corrected chi connectivity index (χ4v) is 3.62. The highest BCUT2D eigenvalue weighted by Gasteiger charge is 2.02. The second-order valence-corrected chi connectivity index (χ2v) is 7.88. The monoisotopic (exact) mass is 416 g/mol. The Kier molecular flexibility index (Phi) is 14.3. The smallest absolute Gasteiger partial charge is 0.303 e. The van der Waals surface area contributed by atoms with Gasteiger partial charge in [-0.05, 0) is 50.7 Å². The van der Waals surface area contributed by atoms with Crippen molar-refractivity contribution in [1.82, 2.24) is 21.1 Å². The Balaban J connectivity index is 0.00000450. The van der Waals surface area contributed by atoms with Gasteiger partial charge in [0.05, 0.1) is 5.52 Å². The maximum atomic E-state index is 10.4. The minimum atomic E-state index is -0.673. The summed E-state index contributed by atoms with van der Waals surface area (Å²) in [7, 11) is 0. The molecular formula is C24H40N4O2. The summed E-state index contributed by atoms with van der Waals surface area (Å²) in [6.07, 6.45) is 20.5. The Morgan fingerprint density at radius 2 is 1.40 bits per heavy atom. The SMILES string of the molecule is N.O=C(O)CCCCCCC/C=C\CCCCCCCCn1nnc2ccccc21. The fraction of sp³-hybridized carbons (Fsp3) is 0.625. The van der Waals surface area contributed by atoms with Crippen molar-refractivity contribution in [2.45, 2.75) is 96.4 Å². The van der Waals surface area contributed by atoms with E-state index in [2.05, 4.69) is 28.5 Å². The maximum absolute atomic E-state index is 10.4. The van der Waals surface area contributed by atoms with Crippen LogP contribution < -0.4 is 6.15 Å². The lowest BCUT2D eigenvalue weighted by molar-refractivity contribution is -0.137. The molecule has 168 valence electrons. The van der Waals surface area contributed by atoms with Gasteiger partial charge >= 0.3 is 5.97 Å². The van der Waals surface area contributed by atoms with Gasteiger partial charge < -0.3 is 11.3 Å². The summed E-state index contributed by atoms with van der Waals surface area (Å²) >= 11 is 0. The van der Waals surface area contributed by atoms with Crippen molar-refractivity contribution < 1.29 is 9.90 Å². The van der Waals surface area contributed by atoms with Gasteiger partial charge in [-0.25, -0.2) is 4.68 Å². The number of hydrogen-bond donors (Lipinski definition) is 2. The first-order valence-electron chi connectivity index (χ1n) is 11.4. The lowest BCUT2D eigenvalue weighted by atomic mass is 10.1. The van der Waals surface area contributed by atoms with Crippen LogP contribution in [-0.4, -0.2) is 26.1 Å². The van der Waals surface area contributed by atoms with Crippen LogP contribution in [0.25, 0.3) is 11.0 Å². The van der Waals surface area contributed by atoms with Gasteiger partial charge in [0.2, 0.25) is 0 Å². The molecule has 0 saturated heterocycles. The van der Waals surface area contributed by atoms with Crippen LogP contribution in [0.3, 0.4) is 0 Å². The number of aryl methyl sites for hydroxylation is 1. The Morgan fingerprint density at radius 3 is 2.07 bits per heavy atom. The van der Waals surface area contributed by atoms with Crippen LogP contribution in [0.2, 0.25) is 0 Å². The minimum absolute atomic E-state index is 0. The van der Waals surface area contributed by atoms with Gasteiger partial charge in [0.25, 0.3) is 0 Å². The van der Waals surface area contributed by atoms with Crippen molar-refractivity contribution in [2.24, 2.45) is 0 Å². The maximum Gasteiger partial charge on any atom is 0.303 e. The lowest BCUT2D eigenvalue weighted by Crippen LogP contribution is -2.00. The molecule has 4 N–H and O–H groups in total. The van der Waals surface area contributed by atoms with E-state index in [-0.39, 0.29) is 6.15 Å². The number of allylic oxidation sites excluding steroid dienone is 2. The first-order chi connectivity index (χ1) is 14.3. The van der Waals surface area contributed by atoms with E-state index >= 15 is 0 Å². The number of fused-ring (bicyclic) bond motifs is 1. The summed E-state index contributed by atoms with van der Waals surface area (Å²) < 4.78 is 2.02. The summed E-state index contributed by atoms with van der Waals surface area (Å²) in [5, 5.41) is 17.0. The van der Waals surface area contributed by atoms with Gasteiger partial charge in [-0.2, -0.15) is 0 Å². The number of aromatic nitrogens is 3. The molecule has 0 fully saturated rings. The number of para-hydroxylation sites is 1. The van der Waals surface area contributed by atoms with E-state index in [1.165, 1.54) is 57.8 Å². The number of aliphatic carboxylic acids is 1. The molecule has 0 aliphatic heterocycles. The molecule has 1 aromatic heterocycles. The van der Waals surface area contributed by atoms with Crippen LogP contribution in [0.5, 0.6) is 0 Å². The number of unbranched alkanes of at least 4 members (excludes halogenated alkanes) is 11. The van der Waals surface area contributed by atoms with Crippen molar-refractivity contribution >= 4 is 17.0 Å². The molecule has 0 aliphatic carbocycles. The molecular weight excluding hydrogens is 376 g/mol. The zero-order valence-electron chi connectivity index (χ0n) is 18.5. The molecule has 0 saturated carbocycles. The Hall–Kier alpha value is -2.21. The van der Waals surface area contributed by atoms with E-state index in [0.29, 0.717) is 6.42 Å². The molecule has 6 nitrogen and oxygen atoms in total. The predicted molar refractivity (Wildman–Crippen MR) is 124 cm³/mol. The molecule has 0 amide bonds. The Bertz CT molecular complexity index is 727. The van der Waals surface area contributed by atoms with E-state index in [9.17, 15) is 4.79 Å². The summed E-state index contributed by atoms with van der Waals surface area (Å²) in [6, 6.07) is 8.15. The highest BCUT2D eigenvalue weighted by atomic mass is 16.4. The third-order valence-corrected chi connectivity index (χ3v) is 5.34. The van der Waals surface area contributed by atoms with E-state index in [0.717, 1.165) is 43.3 Å². The number of carboxylic acids is 1. The number of carboxylic acid groups (broad SMARTS) is 1. The highest BCUT2D eigenvalue weighted by molar-refractivity contribution is 5.73. The molecule has 0 aliphatic rings. The van der Waals surface area contributed by atoms with Gasteiger partial charge in [0.15, 0.2) is 0 Å². The minimum Gasteiger partial charge on any atom is -0.481 e. The van der Waals surface area contributed by atoms with Crippen LogP contribution in [0.15, 0.2) is 36.4 Å². The van der Waals surface area contributed by atoms with E-state index in [1.807, 2.05) is 22.9 Å². The molecule has 30 heavy (non-hydrogen) atoms. The quantitative estimate of drug-likeness (QED) is 0.221. The molecule has 2 rings (SSSR count). The Morgan fingerprint density at radius 1 is 0.833 bits per heavy atom. The second kappa shape index (κ2) is 16.6. The van der Waals surface area contributed by atoms with Crippen LogP contribution in [-0.2, 0) is 11.3 Å². The van der Waals surface area contributed by atoms with E-state index in [1.54, 1.807) is 0 Å². The van der Waals surface area contributed by atoms with Gasteiger partial charge in [-0.3, -0.25) is 4.79 Å². The zero-order valence-corrected chi connectivity index (χ0v) is 18.5. The summed E-state index contributed by atoms with van der Waals surface area (Å²) in [5.74, 6) is -0.673. The normalized spacial score (nSPS) is 11.2. The van der Waals surface area contributed by atoms with Crippen molar-refractivity contribution in [1.29, 1.82) is 0 Å². The summed E-state index contributed by atoms with van der Waals surface area (Å²) in [5.41, 5.74) is 2.12. The van der Waals surface area contributed by atoms with Crippen molar-refractivity contribution in [3.05, 3.63) is 36.4 Å². The second-order valence-electron chi connectivity index (χ2n) is 7.88. The van der Waals surface area contributed by atoms with Crippen LogP contribution >= 0.6 is 0 Å². The highest BCUT2D eigenvalue weighted by Crippen LogP contribution is 2.13. The average molecular weight is 417 g/mol. The number of carbonyl (C=O) groups is 1. The predicted octanol–water partition coefficient (Wildman–Crippen LogP) is 6.70. The first-order valence-corrected chi connectivity index (χ1v) is 11.4. The van der Waals surface area contributed by atoms with Gasteiger partial charge in [-0.15, -0.1) is 5.10 Å². The molecule has 1 heterocycles. The number of hydrogen-bond acceptors (Lipinski definition) is 4. The summed E-state index contributed by atoms with van der Waals surface area (Å²) in [6.45, 7) is 0.961. The molecule has 0 spiro atoms. The van der Waals surface area contributed by atoms with Gasteiger partial charge in [0.1, 0.15) is 5.52 Å². The number of nitrogens with zero attached hydrogens (tertiary/aromatic N) is 3. The standard InChI is InChI=1S/C24H37N3O2.H3N/c28-24(29)20-14-12-10-8-6-4-2-1-3-5-7-9-11-13-17-21-27-23-19-16-15-18-22(23)25-26-27;/h1-2,15-16,18-19H,3-14,17,20-21H2,(H,28,29);1H3/b2-1-;. The largest absolute Gasteiger partial charge is 0.481 e. The van der Waals surface area contributed by atoms with E-state index < -0.39 is 5.97 Å². The van der Waals surface area contributed by atoms with Crippen LogP contribution in [0.4, 0.5) is 0 Å². The Labute approximate surface area is 181 Å². The lowest BCUT2D eigenvalue weighted by Gasteiger charge is -2.03. The number of rotatable bonds is 17. The molecule has 1 aromatic carbocycles. The average Bonchev–Trinajstić information content (AvgIpc) is 3.13. The molecule has 0 bridgehead atoms. The molecule has 2 aromatic rings. The van der Waals surface area contributed by atoms with Crippen molar-refractivity contribution in [2.75, 3.05) is 0 Å². The fourth-order valence-electron chi connectivity index (χ4n) is 3.62. The van der Waals surface area contributed by atoms with Crippen molar-refractivity contribution in [3.8, 4) is 0 Å². The topological polar surface area (TPSA) is 103 Å². The third kappa shape index (κ3) is 11.1. The van der Waals surface area contributed by atoms with Gasteiger partial charge in [-0.1, -0.05) is 74.4 Å². The molecule has 0 unspecified atom stereocenters. The third-order valence-electron chi connectivity index (χ3n) is 5.34. The summed E-state index contributed by atoms with van der Waals surface area (Å²) in [4.78, 5) is 10.4. The molecule has 0 radical (unpaired) electrons. The zero-order chi connectivity index (χ0) is 20.6. The van der Waals surface area contributed by atoms with Crippen LogP contribution in [0.1, 0.15) is 89.9 Å². The molecule has 0 atom stereocenters. The van der Waals surface area contributed by atoms with Crippen LogP contribution in [0, 0.1) is 0 Å². The van der Waals surface area contributed by atoms with E-state index in [4.69, 9.17) is 5.11 Å². The van der Waals surface area contributed by atoms with Gasteiger partial charge in [0, 0.05) is 13.0 Å². The molecule has 6 heteroatoms. The van der Waals surface area contributed by atoms with Crippen molar-refractivity contribution in [3.63, 3.8) is 0 Å². The first kappa shape index (κ1) is 25.8.